The number of halogens is 2. The lowest BCUT2D eigenvalue weighted by Crippen LogP contribution is -2.36. The predicted octanol–water partition coefficient (Wildman–Crippen LogP) is 3.47. The van der Waals surface area contributed by atoms with Crippen LogP contribution in [-0.2, 0) is 9.59 Å². The Bertz CT molecular complexity index is 692. The van der Waals surface area contributed by atoms with E-state index in [1.54, 1.807) is 24.3 Å². The topological polar surface area (TPSA) is 49.4 Å². The Morgan fingerprint density at radius 3 is 2.45 bits per heavy atom. The molecule has 2 aromatic rings. The number of nitrogens with one attached hydrogen (secondary N) is 1. The van der Waals surface area contributed by atoms with Crippen molar-refractivity contribution >= 4 is 34.8 Å². The van der Waals surface area contributed by atoms with Crippen LogP contribution in [0.5, 0.6) is 0 Å². The molecule has 0 radical (unpaired) electrons. The zero-order valence-electron chi connectivity index (χ0n) is 11.8. The smallest absolute Gasteiger partial charge is 0.244 e. The molecule has 0 saturated carbocycles. The van der Waals surface area contributed by atoms with Crippen LogP contribution in [0.2, 0.25) is 5.02 Å². The van der Waals surface area contributed by atoms with E-state index < -0.39 is 11.7 Å². The third kappa shape index (κ3) is 4.05. The van der Waals surface area contributed by atoms with E-state index in [0.717, 1.165) is 6.07 Å². The van der Waals surface area contributed by atoms with Crippen LogP contribution in [0.1, 0.15) is 6.92 Å². The molecule has 0 aliphatic heterocycles. The number of carbonyl (C=O) groups is 2. The van der Waals surface area contributed by atoms with E-state index in [2.05, 4.69) is 5.32 Å². The summed E-state index contributed by atoms with van der Waals surface area (Å²) in [6.45, 7) is 1.24. The number of nitrogens with zero attached hydrogens (tertiary/aromatic N) is 1. The van der Waals surface area contributed by atoms with Gasteiger partial charge in [0.15, 0.2) is 0 Å². The predicted molar refractivity (Wildman–Crippen MR) is 84.5 cm³/mol. The van der Waals surface area contributed by atoms with Gasteiger partial charge in [-0.05, 0) is 30.3 Å². The van der Waals surface area contributed by atoms with E-state index in [1.165, 1.54) is 24.0 Å². The number of carbonyl (C=O) groups excluding carboxylic acids is 2. The highest BCUT2D eigenvalue weighted by atomic mass is 35.5. The summed E-state index contributed by atoms with van der Waals surface area (Å²) >= 11 is 5.66. The average molecular weight is 321 g/mol. The Hall–Kier alpha value is -2.40. The summed E-state index contributed by atoms with van der Waals surface area (Å²) in [5, 5.41) is 2.50. The van der Waals surface area contributed by atoms with Gasteiger partial charge in [0.1, 0.15) is 12.4 Å². The fourth-order valence-corrected chi connectivity index (χ4v) is 2.09. The molecule has 0 heterocycles. The fraction of sp³-hybridized carbons (Fsp3) is 0.125. The third-order valence-electron chi connectivity index (χ3n) is 2.95. The summed E-state index contributed by atoms with van der Waals surface area (Å²) in [6, 6.07) is 12.7. The van der Waals surface area contributed by atoms with Crippen LogP contribution < -0.4 is 10.2 Å². The summed E-state index contributed by atoms with van der Waals surface area (Å²) in [6.07, 6.45) is 0. The summed E-state index contributed by atoms with van der Waals surface area (Å²) in [7, 11) is 0. The maximum absolute atomic E-state index is 13.1. The van der Waals surface area contributed by atoms with E-state index in [0.29, 0.717) is 11.4 Å². The van der Waals surface area contributed by atoms with E-state index in [1.807, 2.05) is 6.07 Å². The Labute approximate surface area is 132 Å². The number of amides is 2. The van der Waals surface area contributed by atoms with Crippen molar-refractivity contribution in [3.8, 4) is 0 Å². The van der Waals surface area contributed by atoms with Crippen molar-refractivity contribution in [3.05, 3.63) is 59.4 Å². The van der Waals surface area contributed by atoms with Gasteiger partial charge in [-0.3, -0.25) is 9.59 Å². The molecule has 0 bridgehead atoms. The molecule has 0 atom stereocenters. The molecule has 0 unspecified atom stereocenters. The zero-order valence-corrected chi connectivity index (χ0v) is 12.6. The molecule has 0 aromatic heterocycles. The lowest BCUT2D eigenvalue weighted by Gasteiger charge is -2.20. The van der Waals surface area contributed by atoms with Crippen LogP contribution in [0.3, 0.4) is 0 Å². The van der Waals surface area contributed by atoms with Crippen LogP contribution in [0, 0.1) is 5.82 Å². The molecular formula is C16H14ClFN2O2. The standard InChI is InChI=1S/C16H14ClFN2O2/c1-11(21)20(13-5-3-2-4-6-13)10-16(22)19-12-7-8-15(18)14(17)9-12/h2-9H,10H2,1H3,(H,19,22). The minimum absolute atomic E-state index is 0.0794. The first-order valence-electron chi connectivity index (χ1n) is 6.55. The molecule has 0 saturated heterocycles. The van der Waals surface area contributed by atoms with Gasteiger partial charge in [-0.25, -0.2) is 4.39 Å². The highest BCUT2D eigenvalue weighted by Gasteiger charge is 2.15. The minimum atomic E-state index is -0.561. The van der Waals surface area contributed by atoms with E-state index in [-0.39, 0.29) is 17.5 Å². The number of para-hydroxylation sites is 1. The van der Waals surface area contributed by atoms with Crippen LogP contribution >= 0.6 is 11.6 Å². The molecule has 2 rings (SSSR count). The lowest BCUT2D eigenvalue weighted by atomic mass is 10.2. The second-order valence-corrected chi connectivity index (χ2v) is 5.02. The SMILES string of the molecule is CC(=O)N(CC(=O)Nc1ccc(F)c(Cl)c1)c1ccccc1. The molecule has 22 heavy (non-hydrogen) atoms. The molecule has 0 spiro atoms. The second-order valence-electron chi connectivity index (χ2n) is 4.62. The second kappa shape index (κ2) is 7.04. The van der Waals surface area contributed by atoms with Gasteiger partial charge in [-0.1, -0.05) is 29.8 Å². The number of hydrogen-bond acceptors (Lipinski definition) is 2. The van der Waals surface area contributed by atoms with Gasteiger partial charge in [-0.15, -0.1) is 0 Å². The molecule has 0 aliphatic rings. The number of benzene rings is 2. The Balaban J connectivity index is 2.08. The summed E-state index contributed by atoms with van der Waals surface area (Å²) in [5.41, 5.74) is 0.996. The van der Waals surface area contributed by atoms with Crippen molar-refractivity contribution in [2.75, 3.05) is 16.8 Å². The Morgan fingerprint density at radius 1 is 1.18 bits per heavy atom. The van der Waals surface area contributed by atoms with Crippen molar-refractivity contribution in [2.45, 2.75) is 6.92 Å². The van der Waals surface area contributed by atoms with Crippen LogP contribution in [-0.4, -0.2) is 18.4 Å². The van der Waals surface area contributed by atoms with Gasteiger partial charge in [0.25, 0.3) is 0 Å². The minimum Gasteiger partial charge on any atom is -0.324 e. The number of anilines is 2. The van der Waals surface area contributed by atoms with Crippen molar-refractivity contribution in [3.63, 3.8) is 0 Å². The van der Waals surface area contributed by atoms with Crippen LogP contribution in [0.15, 0.2) is 48.5 Å². The van der Waals surface area contributed by atoms with E-state index in [4.69, 9.17) is 11.6 Å². The lowest BCUT2D eigenvalue weighted by molar-refractivity contribution is -0.120. The first kappa shape index (κ1) is 16.0. The molecule has 0 aliphatic carbocycles. The van der Waals surface area contributed by atoms with Gasteiger partial charge in [0.05, 0.1) is 5.02 Å². The summed E-state index contributed by atoms with van der Waals surface area (Å²) < 4.78 is 13.1. The quantitative estimate of drug-likeness (QED) is 0.937. The molecule has 2 aromatic carbocycles. The van der Waals surface area contributed by atoms with Crippen LogP contribution in [0.4, 0.5) is 15.8 Å². The number of hydrogen-bond donors (Lipinski definition) is 1. The first-order valence-corrected chi connectivity index (χ1v) is 6.93. The van der Waals surface area contributed by atoms with Gasteiger partial charge in [-0.2, -0.15) is 0 Å². The van der Waals surface area contributed by atoms with Crippen molar-refractivity contribution in [2.24, 2.45) is 0 Å². The van der Waals surface area contributed by atoms with Crippen molar-refractivity contribution in [1.82, 2.24) is 0 Å². The zero-order chi connectivity index (χ0) is 16.1. The Kier molecular flexibility index (Phi) is 5.12. The van der Waals surface area contributed by atoms with Crippen molar-refractivity contribution in [1.29, 1.82) is 0 Å². The molecule has 6 heteroatoms. The highest BCUT2D eigenvalue weighted by molar-refractivity contribution is 6.31. The summed E-state index contributed by atoms with van der Waals surface area (Å²) in [4.78, 5) is 25.1. The van der Waals surface area contributed by atoms with Crippen LogP contribution in [0.25, 0.3) is 0 Å². The monoisotopic (exact) mass is 320 g/mol. The Morgan fingerprint density at radius 2 is 1.86 bits per heavy atom. The molecule has 2 amide bonds. The summed E-state index contributed by atoms with van der Waals surface area (Å²) in [5.74, 6) is -1.21. The molecule has 0 fully saturated rings. The highest BCUT2D eigenvalue weighted by Crippen LogP contribution is 2.19. The fourth-order valence-electron chi connectivity index (χ4n) is 1.91. The van der Waals surface area contributed by atoms with Gasteiger partial charge >= 0.3 is 0 Å². The molecule has 1 N–H and O–H groups in total. The van der Waals surface area contributed by atoms with Gasteiger partial charge in [0.2, 0.25) is 11.8 Å². The maximum atomic E-state index is 13.1. The molecule has 114 valence electrons. The van der Waals surface area contributed by atoms with E-state index in [9.17, 15) is 14.0 Å². The maximum Gasteiger partial charge on any atom is 0.244 e. The van der Waals surface area contributed by atoms with E-state index >= 15 is 0 Å². The molecule has 4 nitrogen and oxygen atoms in total. The number of rotatable bonds is 4. The van der Waals surface area contributed by atoms with Crippen molar-refractivity contribution < 1.29 is 14.0 Å². The normalized spacial score (nSPS) is 10.1. The first-order chi connectivity index (χ1) is 10.5. The third-order valence-corrected chi connectivity index (χ3v) is 3.24. The van der Waals surface area contributed by atoms with Gasteiger partial charge < -0.3 is 10.2 Å². The average Bonchev–Trinajstić information content (AvgIpc) is 2.49. The molecular weight excluding hydrogens is 307 g/mol. The largest absolute Gasteiger partial charge is 0.324 e. The van der Waals surface area contributed by atoms with Gasteiger partial charge in [0, 0.05) is 18.3 Å².